The van der Waals surface area contributed by atoms with Crippen molar-refractivity contribution in [2.45, 2.75) is 50.1 Å². The van der Waals surface area contributed by atoms with Gasteiger partial charge in [-0.2, -0.15) is 0 Å². The molecule has 1 aliphatic carbocycles. The van der Waals surface area contributed by atoms with Gasteiger partial charge in [0, 0.05) is 38.6 Å². The summed E-state index contributed by atoms with van der Waals surface area (Å²) in [7, 11) is 1.87. The summed E-state index contributed by atoms with van der Waals surface area (Å²) in [5.74, 6) is 1.22. The van der Waals surface area contributed by atoms with Gasteiger partial charge in [-0.3, -0.25) is 14.5 Å². The Balaban J connectivity index is 1.31. The molecule has 1 aromatic heterocycles. The van der Waals surface area contributed by atoms with Gasteiger partial charge in [-0.15, -0.1) is 0 Å². The summed E-state index contributed by atoms with van der Waals surface area (Å²) < 4.78 is 5.38. The minimum Gasteiger partial charge on any atom is -0.447 e. The molecule has 1 N–H and O–H groups in total. The van der Waals surface area contributed by atoms with Gasteiger partial charge in [0.15, 0.2) is 12.1 Å². The van der Waals surface area contributed by atoms with Gasteiger partial charge < -0.3 is 14.6 Å². The molecule has 1 atom stereocenters. The van der Waals surface area contributed by atoms with Crippen LogP contribution in [-0.4, -0.2) is 65.4 Å². The van der Waals surface area contributed by atoms with E-state index in [0.29, 0.717) is 11.6 Å². The number of likely N-dealkylation sites (N-methyl/N-ethyl adjacent to an activating group) is 1. The van der Waals surface area contributed by atoms with Crippen molar-refractivity contribution in [1.82, 2.24) is 20.1 Å². The summed E-state index contributed by atoms with van der Waals surface area (Å²) in [6, 6.07) is 0.176. The van der Waals surface area contributed by atoms with Crippen LogP contribution < -0.4 is 5.32 Å². The molecule has 0 radical (unpaired) electrons. The average Bonchev–Trinajstić information content (AvgIpc) is 3.22. The maximum atomic E-state index is 12.5. The number of carbonyl (C=O) groups is 2. The van der Waals surface area contributed by atoms with Crippen molar-refractivity contribution in [2.24, 2.45) is 0 Å². The molecular weight excluding hydrogens is 308 g/mol. The predicted octanol–water partition coefficient (Wildman–Crippen LogP) is 0.977. The number of likely N-dealkylation sites (tertiary alicyclic amines) is 2. The maximum absolute atomic E-state index is 12.5. The smallest absolute Gasteiger partial charge is 0.273 e. The Morgan fingerprint density at radius 1 is 1.21 bits per heavy atom. The van der Waals surface area contributed by atoms with Gasteiger partial charge in [0.25, 0.3) is 5.91 Å². The Morgan fingerprint density at radius 3 is 2.58 bits per heavy atom. The molecule has 7 nitrogen and oxygen atoms in total. The first-order valence-electron chi connectivity index (χ1n) is 8.86. The van der Waals surface area contributed by atoms with E-state index in [-0.39, 0.29) is 23.9 Å². The minimum absolute atomic E-state index is 0.0312. The van der Waals surface area contributed by atoms with Gasteiger partial charge in [0.1, 0.15) is 5.76 Å². The van der Waals surface area contributed by atoms with Gasteiger partial charge in [0.05, 0.1) is 6.04 Å². The standard InChI is InChI=1S/C17H24N4O3/c1-20-7-6-13(17(20)23)21-8-4-12(5-9-21)19-16(22)14-15(11-2-3-11)24-10-18-14/h10-13H,2-9H2,1H3,(H,19,22)/t13-/m0/s1. The highest BCUT2D eigenvalue weighted by Crippen LogP contribution is 2.41. The molecule has 3 heterocycles. The van der Waals surface area contributed by atoms with E-state index >= 15 is 0 Å². The Morgan fingerprint density at radius 2 is 1.96 bits per heavy atom. The van der Waals surface area contributed by atoms with Crippen LogP contribution in [0.1, 0.15) is 54.3 Å². The van der Waals surface area contributed by atoms with Crippen LogP contribution in [0.5, 0.6) is 0 Å². The molecule has 0 unspecified atom stereocenters. The molecule has 3 aliphatic rings. The monoisotopic (exact) mass is 332 g/mol. The van der Waals surface area contributed by atoms with Gasteiger partial charge in [0.2, 0.25) is 5.91 Å². The van der Waals surface area contributed by atoms with E-state index in [2.05, 4.69) is 15.2 Å². The fourth-order valence-corrected chi connectivity index (χ4v) is 3.81. The fourth-order valence-electron chi connectivity index (χ4n) is 3.81. The van der Waals surface area contributed by atoms with Crippen LogP contribution in [0, 0.1) is 0 Å². The summed E-state index contributed by atoms with van der Waals surface area (Å²) in [6.45, 7) is 2.54. The SMILES string of the molecule is CN1CC[C@H](N2CCC(NC(=O)c3ncoc3C3CC3)CC2)C1=O. The van der Waals surface area contributed by atoms with Crippen LogP contribution in [0.4, 0.5) is 0 Å². The first kappa shape index (κ1) is 15.6. The zero-order valence-electron chi connectivity index (χ0n) is 14.0. The Hall–Kier alpha value is -1.89. The van der Waals surface area contributed by atoms with E-state index in [0.717, 1.165) is 57.5 Å². The third kappa shape index (κ3) is 2.92. The Labute approximate surface area is 141 Å². The Bertz CT molecular complexity index is 632. The second-order valence-corrected chi connectivity index (χ2v) is 7.19. The second-order valence-electron chi connectivity index (χ2n) is 7.19. The van der Waals surface area contributed by atoms with Crippen LogP contribution in [0.25, 0.3) is 0 Å². The molecule has 0 aromatic carbocycles. The number of hydrogen-bond acceptors (Lipinski definition) is 5. The van der Waals surface area contributed by atoms with Crippen molar-refractivity contribution < 1.29 is 14.0 Å². The predicted molar refractivity (Wildman–Crippen MR) is 86.6 cm³/mol. The molecule has 0 bridgehead atoms. The van der Waals surface area contributed by atoms with E-state index in [9.17, 15) is 9.59 Å². The number of carbonyl (C=O) groups excluding carboxylic acids is 2. The lowest BCUT2D eigenvalue weighted by atomic mass is 10.0. The molecule has 24 heavy (non-hydrogen) atoms. The molecule has 0 spiro atoms. The highest BCUT2D eigenvalue weighted by Gasteiger charge is 2.37. The third-order valence-corrected chi connectivity index (χ3v) is 5.46. The van der Waals surface area contributed by atoms with E-state index in [1.165, 1.54) is 6.39 Å². The fraction of sp³-hybridized carbons (Fsp3) is 0.706. The van der Waals surface area contributed by atoms with E-state index in [1.807, 2.05) is 11.9 Å². The molecule has 1 aromatic rings. The first-order valence-corrected chi connectivity index (χ1v) is 8.86. The van der Waals surface area contributed by atoms with Crippen molar-refractivity contribution in [2.75, 3.05) is 26.7 Å². The number of hydrogen-bond donors (Lipinski definition) is 1. The molecular formula is C17H24N4O3. The van der Waals surface area contributed by atoms with Crippen molar-refractivity contribution >= 4 is 11.8 Å². The van der Waals surface area contributed by atoms with E-state index < -0.39 is 0 Å². The summed E-state index contributed by atoms with van der Waals surface area (Å²) in [5, 5.41) is 3.09. The van der Waals surface area contributed by atoms with E-state index in [1.54, 1.807) is 0 Å². The van der Waals surface area contributed by atoms with E-state index in [4.69, 9.17) is 4.42 Å². The first-order chi connectivity index (χ1) is 11.6. The highest BCUT2D eigenvalue weighted by molar-refractivity contribution is 5.93. The molecule has 130 valence electrons. The van der Waals surface area contributed by atoms with Crippen molar-refractivity contribution in [3.63, 3.8) is 0 Å². The molecule has 7 heteroatoms. The lowest BCUT2D eigenvalue weighted by molar-refractivity contribution is -0.131. The molecule has 4 rings (SSSR count). The van der Waals surface area contributed by atoms with Gasteiger partial charge in [-0.25, -0.2) is 4.98 Å². The van der Waals surface area contributed by atoms with Crippen molar-refractivity contribution in [3.8, 4) is 0 Å². The second kappa shape index (κ2) is 6.20. The molecule has 2 saturated heterocycles. The van der Waals surface area contributed by atoms with Crippen LogP contribution >= 0.6 is 0 Å². The highest BCUT2D eigenvalue weighted by atomic mass is 16.3. The lowest BCUT2D eigenvalue weighted by Crippen LogP contribution is -2.50. The van der Waals surface area contributed by atoms with Gasteiger partial charge in [-0.1, -0.05) is 0 Å². The normalized spacial score (nSPS) is 26.1. The summed E-state index contributed by atoms with van der Waals surface area (Å²) in [5.41, 5.74) is 0.451. The molecule has 2 aliphatic heterocycles. The maximum Gasteiger partial charge on any atom is 0.273 e. The van der Waals surface area contributed by atoms with Crippen LogP contribution in [0.2, 0.25) is 0 Å². The number of oxazole rings is 1. The number of nitrogens with zero attached hydrogens (tertiary/aromatic N) is 3. The number of nitrogens with one attached hydrogen (secondary N) is 1. The molecule has 3 fully saturated rings. The molecule has 2 amide bonds. The van der Waals surface area contributed by atoms with Gasteiger partial charge >= 0.3 is 0 Å². The Kier molecular flexibility index (Phi) is 4.04. The van der Waals surface area contributed by atoms with Crippen LogP contribution in [-0.2, 0) is 4.79 Å². The minimum atomic E-state index is -0.124. The lowest BCUT2D eigenvalue weighted by Gasteiger charge is -2.35. The van der Waals surface area contributed by atoms with Crippen molar-refractivity contribution in [1.29, 1.82) is 0 Å². The zero-order chi connectivity index (χ0) is 16.7. The number of aromatic nitrogens is 1. The van der Waals surface area contributed by atoms with Gasteiger partial charge in [-0.05, 0) is 32.1 Å². The molecule has 1 saturated carbocycles. The largest absolute Gasteiger partial charge is 0.447 e. The summed E-state index contributed by atoms with van der Waals surface area (Å²) in [4.78, 5) is 32.7. The summed E-state index contributed by atoms with van der Waals surface area (Å²) in [6.07, 6.45) is 6.19. The third-order valence-electron chi connectivity index (χ3n) is 5.46. The van der Waals surface area contributed by atoms with Crippen LogP contribution in [0.15, 0.2) is 10.8 Å². The average molecular weight is 332 g/mol. The number of amides is 2. The zero-order valence-corrected chi connectivity index (χ0v) is 14.0. The number of piperidine rings is 1. The van der Waals surface area contributed by atoms with Crippen molar-refractivity contribution in [3.05, 3.63) is 17.8 Å². The van der Waals surface area contributed by atoms with Crippen LogP contribution in [0.3, 0.4) is 0 Å². The quantitative estimate of drug-likeness (QED) is 0.889. The summed E-state index contributed by atoms with van der Waals surface area (Å²) >= 11 is 0. The number of rotatable bonds is 4. The topological polar surface area (TPSA) is 78.7 Å².